The molecule has 0 atom stereocenters. The van der Waals surface area contributed by atoms with Crippen molar-refractivity contribution in [2.24, 2.45) is 0 Å². The van der Waals surface area contributed by atoms with E-state index in [0.717, 1.165) is 12.0 Å². The van der Waals surface area contributed by atoms with E-state index in [1.165, 1.54) is 6.42 Å². The summed E-state index contributed by atoms with van der Waals surface area (Å²) in [6.45, 7) is 12.1. The van der Waals surface area contributed by atoms with Gasteiger partial charge in [0.2, 0.25) is 0 Å². The van der Waals surface area contributed by atoms with Gasteiger partial charge in [-0.1, -0.05) is 89.3 Å². The summed E-state index contributed by atoms with van der Waals surface area (Å²) in [5.41, 5.74) is 1.03. The van der Waals surface area contributed by atoms with Gasteiger partial charge in [0.05, 0.1) is 0 Å². The number of hydrogen-bond acceptors (Lipinski definition) is 0. The van der Waals surface area contributed by atoms with Crippen LogP contribution in [0.5, 0.6) is 0 Å². The average Bonchev–Trinajstić information content (AvgIpc) is 2.31. The predicted molar refractivity (Wildman–Crippen MR) is 77.6 cm³/mol. The number of hydrogen-bond donors (Lipinski definition) is 0. The Hall–Kier alpha value is -1.30. The molecule has 0 saturated heterocycles. The van der Waals surface area contributed by atoms with Gasteiger partial charge in [-0.15, -0.1) is 0 Å². The summed E-state index contributed by atoms with van der Waals surface area (Å²) < 4.78 is 0. The molecule has 0 aromatic rings. The van der Waals surface area contributed by atoms with Crippen molar-refractivity contribution < 1.29 is 0 Å². The van der Waals surface area contributed by atoms with Crippen molar-refractivity contribution in [3.63, 3.8) is 0 Å². The predicted octanol–water partition coefficient (Wildman–Crippen LogP) is 5.61. The van der Waals surface area contributed by atoms with Gasteiger partial charge in [0.25, 0.3) is 0 Å². The van der Waals surface area contributed by atoms with Crippen LogP contribution in [0, 0.1) is 0 Å². The average molecular weight is 218 g/mol. The third kappa shape index (κ3) is 15.2. The van der Waals surface area contributed by atoms with E-state index in [1.807, 2.05) is 50.3 Å². The lowest BCUT2D eigenvalue weighted by Gasteiger charge is -1.88. The van der Waals surface area contributed by atoms with Crippen LogP contribution < -0.4 is 0 Å². The fourth-order valence-electron chi connectivity index (χ4n) is 0.807. The van der Waals surface area contributed by atoms with E-state index < -0.39 is 0 Å². The number of rotatable bonds is 0. The van der Waals surface area contributed by atoms with E-state index in [-0.39, 0.29) is 0 Å². The maximum Gasteiger partial charge on any atom is -0.0163 e. The Morgan fingerprint density at radius 2 is 1.31 bits per heavy atom. The Bertz CT molecular complexity index is 225. The summed E-state index contributed by atoms with van der Waals surface area (Å²) in [6.07, 6.45) is 18.5. The first kappa shape index (κ1) is 17.1. The van der Waals surface area contributed by atoms with Gasteiger partial charge in [0.15, 0.2) is 0 Å². The van der Waals surface area contributed by atoms with Crippen LogP contribution in [-0.2, 0) is 0 Å². The Morgan fingerprint density at radius 3 is 1.69 bits per heavy atom. The lowest BCUT2D eigenvalue weighted by molar-refractivity contribution is 1.09. The van der Waals surface area contributed by atoms with Crippen molar-refractivity contribution in [1.29, 1.82) is 0 Å². The molecule has 0 amide bonds. The van der Waals surface area contributed by atoms with E-state index in [0.29, 0.717) is 0 Å². The van der Waals surface area contributed by atoms with Crippen LogP contribution in [0.4, 0.5) is 0 Å². The first-order valence-corrected chi connectivity index (χ1v) is 6.16. The van der Waals surface area contributed by atoms with Gasteiger partial charge in [-0.3, -0.25) is 0 Å². The molecule has 1 rings (SSSR count). The van der Waals surface area contributed by atoms with Crippen LogP contribution in [0.15, 0.2) is 60.8 Å². The zero-order valence-corrected chi connectivity index (χ0v) is 11.2. The highest BCUT2D eigenvalue weighted by atomic mass is 13.8. The van der Waals surface area contributed by atoms with Crippen LogP contribution in [0.2, 0.25) is 0 Å². The van der Waals surface area contributed by atoms with Crippen LogP contribution in [-0.4, -0.2) is 0 Å². The second kappa shape index (κ2) is 16.1. The first-order valence-electron chi connectivity index (χ1n) is 6.16. The highest BCUT2D eigenvalue weighted by Crippen LogP contribution is 1.98. The van der Waals surface area contributed by atoms with Gasteiger partial charge in [-0.2, -0.15) is 0 Å². The van der Waals surface area contributed by atoms with Crippen LogP contribution in [0.3, 0.4) is 0 Å². The Balaban J connectivity index is 0. The van der Waals surface area contributed by atoms with Crippen LogP contribution in [0.25, 0.3) is 0 Å². The summed E-state index contributed by atoms with van der Waals surface area (Å²) >= 11 is 0. The molecule has 0 spiro atoms. The summed E-state index contributed by atoms with van der Waals surface area (Å²) in [5.74, 6) is 0. The molecule has 0 fully saturated rings. The molecule has 1 aliphatic carbocycles. The standard InChI is InChI=1S/C11H12.C3H8.C2H6/c1-11-9-7-5-3-2-4-6-8-10-11;1-3-2;1-2/h3-10H,1-2H2;3H2,1-2H3;1-2H3/b5-3-,6-4-,9-7-,10-8-;;. The SMILES string of the molecule is C=C1/C=C\C=C/C/C=C\C=C/1.CC.CCC. The van der Waals surface area contributed by atoms with E-state index in [1.54, 1.807) is 0 Å². The smallest absolute Gasteiger partial charge is 0.0163 e. The minimum absolute atomic E-state index is 1.00. The fraction of sp³-hybridized carbons (Fsp3) is 0.375. The molecule has 1 aliphatic rings. The Labute approximate surface area is 102 Å². The minimum atomic E-state index is 1.00. The van der Waals surface area contributed by atoms with Gasteiger partial charge in [0, 0.05) is 0 Å². The lowest BCUT2D eigenvalue weighted by Crippen LogP contribution is -1.67. The second-order valence-electron chi connectivity index (χ2n) is 3.09. The van der Waals surface area contributed by atoms with Crippen molar-refractivity contribution in [2.45, 2.75) is 40.5 Å². The van der Waals surface area contributed by atoms with Crippen molar-refractivity contribution in [1.82, 2.24) is 0 Å². The Kier molecular flexibility index (Phi) is 17.3. The lowest BCUT2D eigenvalue weighted by atomic mass is 10.2. The molecule has 0 aromatic carbocycles. The fourth-order valence-corrected chi connectivity index (χ4v) is 0.807. The van der Waals surface area contributed by atoms with Gasteiger partial charge in [-0.25, -0.2) is 0 Å². The summed E-state index contributed by atoms with van der Waals surface area (Å²) in [4.78, 5) is 0. The van der Waals surface area contributed by atoms with E-state index >= 15 is 0 Å². The molecule has 0 saturated carbocycles. The van der Waals surface area contributed by atoms with Crippen molar-refractivity contribution in [3.8, 4) is 0 Å². The third-order valence-electron chi connectivity index (χ3n) is 1.39. The molecule has 0 unspecified atom stereocenters. The molecule has 90 valence electrons. The zero-order chi connectivity index (χ0) is 12.6. The highest BCUT2D eigenvalue weighted by Gasteiger charge is 1.78. The molecule has 0 N–H and O–H groups in total. The van der Waals surface area contributed by atoms with E-state index in [9.17, 15) is 0 Å². The van der Waals surface area contributed by atoms with Gasteiger partial charge in [0.1, 0.15) is 0 Å². The summed E-state index contributed by atoms with van der Waals surface area (Å²) in [5, 5.41) is 0. The molecule has 0 heteroatoms. The monoisotopic (exact) mass is 218 g/mol. The minimum Gasteiger partial charge on any atom is -0.0918 e. The summed E-state index contributed by atoms with van der Waals surface area (Å²) in [6, 6.07) is 0. The molecule has 16 heavy (non-hydrogen) atoms. The van der Waals surface area contributed by atoms with Crippen LogP contribution in [0.1, 0.15) is 40.5 Å². The van der Waals surface area contributed by atoms with Gasteiger partial charge in [-0.05, 0) is 12.0 Å². The maximum atomic E-state index is 3.85. The maximum absolute atomic E-state index is 3.85. The van der Waals surface area contributed by atoms with Crippen molar-refractivity contribution in [2.75, 3.05) is 0 Å². The first-order chi connectivity index (χ1) is 7.81. The zero-order valence-electron chi connectivity index (χ0n) is 11.2. The highest BCUT2D eigenvalue weighted by molar-refractivity contribution is 5.31. The van der Waals surface area contributed by atoms with Gasteiger partial charge >= 0.3 is 0 Å². The van der Waals surface area contributed by atoms with E-state index in [2.05, 4.69) is 32.6 Å². The van der Waals surface area contributed by atoms with Crippen LogP contribution >= 0.6 is 0 Å². The molecule has 0 bridgehead atoms. The number of allylic oxidation sites excluding steroid dienone is 9. The normalized spacial score (nSPS) is 21.4. The molecule has 0 heterocycles. The second-order valence-corrected chi connectivity index (χ2v) is 3.09. The topological polar surface area (TPSA) is 0 Å². The third-order valence-corrected chi connectivity index (χ3v) is 1.39. The van der Waals surface area contributed by atoms with Crippen molar-refractivity contribution >= 4 is 0 Å². The molecular weight excluding hydrogens is 192 g/mol. The molecule has 0 aromatic heterocycles. The Morgan fingerprint density at radius 1 is 0.938 bits per heavy atom. The molecular formula is C16H26. The van der Waals surface area contributed by atoms with Crippen molar-refractivity contribution in [3.05, 3.63) is 60.8 Å². The molecule has 0 radical (unpaired) electrons. The molecule has 0 aliphatic heterocycles. The quantitative estimate of drug-likeness (QED) is 0.495. The molecule has 0 nitrogen and oxygen atoms in total. The van der Waals surface area contributed by atoms with Gasteiger partial charge < -0.3 is 0 Å². The van der Waals surface area contributed by atoms with E-state index in [4.69, 9.17) is 0 Å². The summed E-state index contributed by atoms with van der Waals surface area (Å²) in [7, 11) is 0. The largest absolute Gasteiger partial charge is 0.0918 e.